The Labute approximate surface area is 123 Å². The summed E-state index contributed by atoms with van der Waals surface area (Å²) < 4.78 is 42.6. The van der Waals surface area contributed by atoms with Gasteiger partial charge in [0, 0.05) is 25.0 Å². The lowest BCUT2D eigenvalue weighted by Crippen LogP contribution is -2.40. The van der Waals surface area contributed by atoms with Gasteiger partial charge < -0.3 is 4.57 Å². The molecule has 1 aromatic heterocycles. The van der Waals surface area contributed by atoms with Crippen molar-refractivity contribution in [2.24, 2.45) is 0 Å². The molecule has 21 heavy (non-hydrogen) atoms. The van der Waals surface area contributed by atoms with Crippen LogP contribution in [0.5, 0.6) is 0 Å². The largest absolute Gasteiger partial charge is 0.349 e. The van der Waals surface area contributed by atoms with Gasteiger partial charge in [0.1, 0.15) is 5.82 Å². The molecule has 0 amide bonds. The zero-order valence-electron chi connectivity index (χ0n) is 12.0. The van der Waals surface area contributed by atoms with Crippen LogP contribution in [0.3, 0.4) is 0 Å². The van der Waals surface area contributed by atoms with Gasteiger partial charge in [0.05, 0.1) is 10.9 Å². The van der Waals surface area contributed by atoms with Crippen molar-refractivity contribution in [1.82, 2.24) is 8.87 Å². The van der Waals surface area contributed by atoms with E-state index in [9.17, 15) is 12.8 Å². The molecule has 1 atom stereocenters. The second-order valence-corrected chi connectivity index (χ2v) is 7.19. The van der Waals surface area contributed by atoms with E-state index in [1.54, 1.807) is 6.92 Å². The van der Waals surface area contributed by atoms with Gasteiger partial charge in [-0.15, -0.1) is 0 Å². The van der Waals surface area contributed by atoms with Crippen molar-refractivity contribution < 1.29 is 12.8 Å². The first-order valence-electron chi connectivity index (χ1n) is 6.84. The van der Waals surface area contributed by atoms with Gasteiger partial charge in [-0.1, -0.05) is 6.07 Å². The van der Waals surface area contributed by atoms with Crippen molar-refractivity contribution >= 4 is 10.0 Å². The minimum atomic E-state index is -3.70. The first-order chi connectivity index (χ1) is 9.91. The molecule has 0 spiro atoms. The molecule has 0 radical (unpaired) electrons. The SMILES string of the molecule is Cc1ccc(F)cc1S(=O)(=O)N1CCn2cccc2C1C. The third kappa shape index (κ3) is 2.28. The Morgan fingerprint density at radius 2 is 2.00 bits per heavy atom. The van der Waals surface area contributed by atoms with Crippen LogP contribution in [0, 0.1) is 12.7 Å². The number of hydrogen-bond acceptors (Lipinski definition) is 2. The van der Waals surface area contributed by atoms with E-state index < -0.39 is 15.8 Å². The molecule has 0 N–H and O–H groups in total. The van der Waals surface area contributed by atoms with Crippen molar-refractivity contribution in [1.29, 1.82) is 0 Å². The Hall–Kier alpha value is -1.66. The molecule has 0 saturated heterocycles. The molecule has 0 saturated carbocycles. The highest BCUT2D eigenvalue weighted by molar-refractivity contribution is 7.89. The highest BCUT2D eigenvalue weighted by Crippen LogP contribution is 2.32. The summed E-state index contributed by atoms with van der Waals surface area (Å²) >= 11 is 0. The van der Waals surface area contributed by atoms with Gasteiger partial charge in [0.2, 0.25) is 10.0 Å². The molecule has 2 aromatic rings. The zero-order valence-corrected chi connectivity index (χ0v) is 12.8. The van der Waals surface area contributed by atoms with E-state index in [4.69, 9.17) is 0 Å². The molecule has 0 fully saturated rings. The van der Waals surface area contributed by atoms with Crippen LogP contribution in [0.15, 0.2) is 41.4 Å². The number of aryl methyl sites for hydroxylation is 1. The van der Waals surface area contributed by atoms with Crippen molar-refractivity contribution in [3.63, 3.8) is 0 Å². The number of rotatable bonds is 2. The van der Waals surface area contributed by atoms with E-state index in [2.05, 4.69) is 4.57 Å². The minimum Gasteiger partial charge on any atom is -0.349 e. The molecule has 0 bridgehead atoms. The van der Waals surface area contributed by atoms with Crippen LogP contribution in [0.4, 0.5) is 4.39 Å². The molecular formula is C15H17FN2O2S. The highest BCUT2D eigenvalue weighted by Gasteiger charge is 2.34. The van der Waals surface area contributed by atoms with E-state index >= 15 is 0 Å². The molecule has 6 heteroatoms. The lowest BCUT2D eigenvalue weighted by molar-refractivity contribution is 0.282. The van der Waals surface area contributed by atoms with Crippen molar-refractivity contribution in [3.8, 4) is 0 Å². The van der Waals surface area contributed by atoms with Crippen LogP contribution in [-0.2, 0) is 16.6 Å². The van der Waals surface area contributed by atoms with E-state index in [0.717, 1.165) is 11.8 Å². The number of fused-ring (bicyclic) bond motifs is 1. The third-order valence-corrected chi connectivity index (χ3v) is 6.13. The molecule has 1 aromatic carbocycles. The summed E-state index contributed by atoms with van der Waals surface area (Å²) in [6.45, 7) is 4.54. The van der Waals surface area contributed by atoms with Crippen LogP contribution in [-0.4, -0.2) is 23.8 Å². The molecule has 2 heterocycles. The Bertz CT molecular complexity index is 783. The second-order valence-electron chi connectivity index (χ2n) is 5.33. The number of sulfonamides is 1. The van der Waals surface area contributed by atoms with E-state index in [1.165, 1.54) is 16.4 Å². The first-order valence-corrected chi connectivity index (χ1v) is 8.28. The molecule has 1 unspecified atom stereocenters. The molecule has 1 aliphatic heterocycles. The summed E-state index contributed by atoms with van der Waals surface area (Å²) in [6.07, 6.45) is 1.95. The first kappa shape index (κ1) is 14.3. The second kappa shape index (κ2) is 4.96. The van der Waals surface area contributed by atoms with E-state index in [-0.39, 0.29) is 10.9 Å². The van der Waals surface area contributed by atoms with Gasteiger partial charge >= 0.3 is 0 Å². The fourth-order valence-electron chi connectivity index (χ4n) is 2.86. The predicted molar refractivity (Wildman–Crippen MR) is 77.9 cm³/mol. The summed E-state index contributed by atoms with van der Waals surface area (Å²) in [5, 5.41) is 0. The lowest BCUT2D eigenvalue weighted by atomic mass is 10.2. The zero-order chi connectivity index (χ0) is 15.2. The summed E-state index contributed by atoms with van der Waals surface area (Å²) in [7, 11) is -3.70. The fraction of sp³-hybridized carbons (Fsp3) is 0.333. The Morgan fingerprint density at radius 3 is 2.76 bits per heavy atom. The lowest BCUT2D eigenvalue weighted by Gasteiger charge is -2.34. The number of hydrogen-bond donors (Lipinski definition) is 0. The predicted octanol–water partition coefficient (Wildman–Crippen LogP) is 2.70. The molecule has 0 aliphatic carbocycles. The van der Waals surface area contributed by atoms with Gasteiger partial charge in [-0.2, -0.15) is 4.31 Å². The van der Waals surface area contributed by atoms with Gasteiger partial charge in [-0.05, 0) is 43.7 Å². The van der Waals surface area contributed by atoms with Crippen LogP contribution in [0.2, 0.25) is 0 Å². The van der Waals surface area contributed by atoms with Crippen LogP contribution < -0.4 is 0 Å². The maximum Gasteiger partial charge on any atom is 0.244 e. The van der Waals surface area contributed by atoms with Crippen molar-refractivity contribution in [2.45, 2.75) is 31.3 Å². The Balaban J connectivity index is 2.05. The van der Waals surface area contributed by atoms with Crippen molar-refractivity contribution in [2.75, 3.05) is 6.54 Å². The number of nitrogens with zero attached hydrogens (tertiary/aromatic N) is 2. The molecule has 112 valence electrons. The maximum atomic E-state index is 13.4. The summed E-state index contributed by atoms with van der Waals surface area (Å²) in [5.41, 5.74) is 1.52. The fourth-order valence-corrected chi connectivity index (χ4v) is 4.70. The van der Waals surface area contributed by atoms with Gasteiger partial charge in [0.15, 0.2) is 0 Å². The maximum absolute atomic E-state index is 13.4. The van der Waals surface area contributed by atoms with Crippen LogP contribution in [0.1, 0.15) is 24.2 Å². The standard InChI is InChI=1S/C15H17FN2O2S/c1-11-5-6-13(16)10-15(11)21(19,20)18-9-8-17-7-3-4-14(17)12(18)2/h3-7,10,12H,8-9H2,1-2H3. The summed E-state index contributed by atoms with van der Waals surface area (Å²) in [6, 6.07) is 7.45. The molecule has 1 aliphatic rings. The summed E-state index contributed by atoms with van der Waals surface area (Å²) in [5.74, 6) is -0.535. The topological polar surface area (TPSA) is 42.3 Å². The summed E-state index contributed by atoms with van der Waals surface area (Å²) in [4.78, 5) is 0.0503. The third-order valence-electron chi connectivity index (χ3n) is 4.02. The van der Waals surface area contributed by atoms with Crippen molar-refractivity contribution in [3.05, 3.63) is 53.6 Å². The monoisotopic (exact) mass is 308 g/mol. The van der Waals surface area contributed by atoms with E-state index in [1.807, 2.05) is 25.3 Å². The number of benzene rings is 1. The smallest absolute Gasteiger partial charge is 0.244 e. The molecule has 4 nitrogen and oxygen atoms in total. The quantitative estimate of drug-likeness (QED) is 0.856. The minimum absolute atomic E-state index is 0.0503. The van der Waals surface area contributed by atoms with Crippen LogP contribution in [0.25, 0.3) is 0 Å². The molecule has 3 rings (SSSR count). The van der Waals surface area contributed by atoms with Gasteiger partial charge in [-0.25, -0.2) is 12.8 Å². The van der Waals surface area contributed by atoms with Gasteiger partial charge in [0.25, 0.3) is 0 Å². The Kier molecular flexibility index (Phi) is 3.37. The number of aromatic nitrogens is 1. The van der Waals surface area contributed by atoms with Gasteiger partial charge in [-0.3, -0.25) is 0 Å². The van der Waals surface area contributed by atoms with E-state index in [0.29, 0.717) is 18.7 Å². The molecular weight excluding hydrogens is 291 g/mol. The normalized spacial score (nSPS) is 19.5. The number of halogens is 1. The van der Waals surface area contributed by atoms with Crippen LogP contribution >= 0.6 is 0 Å². The Morgan fingerprint density at radius 1 is 1.24 bits per heavy atom. The average Bonchev–Trinajstić information content (AvgIpc) is 2.91. The average molecular weight is 308 g/mol. The highest BCUT2D eigenvalue weighted by atomic mass is 32.2.